The first-order chi connectivity index (χ1) is 14.2. The van der Waals surface area contributed by atoms with Crippen LogP contribution in [0, 0.1) is 5.82 Å². The Morgan fingerprint density at radius 2 is 1.76 bits per heavy atom. The number of anilines is 1. The summed E-state index contributed by atoms with van der Waals surface area (Å²) < 4.78 is 19.5. The molecule has 4 rings (SSSR count). The van der Waals surface area contributed by atoms with Crippen LogP contribution in [0.5, 0.6) is 5.75 Å². The lowest BCUT2D eigenvalue weighted by molar-refractivity contribution is -0.133. The number of halogens is 1. The number of rotatable bonds is 7. The van der Waals surface area contributed by atoms with E-state index in [0.29, 0.717) is 37.8 Å². The summed E-state index contributed by atoms with van der Waals surface area (Å²) in [6.45, 7) is 3.79. The van der Waals surface area contributed by atoms with Crippen LogP contribution in [0.1, 0.15) is 18.4 Å². The molecule has 0 atom stereocenters. The highest BCUT2D eigenvalue weighted by Crippen LogP contribution is 2.30. The fourth-order valence-corrected chi connectivity index (χ4v) is 3.96. The Balaban J connectivity index is 1.34. The first-order valence-corrected chi connectivity index (χ1v) is 10.3. The molecule has 29 heavy (non-hydrogen) atoms. The van der Waals surface area contributed by atoms with E-state index in [1.165, 1.54) is 6.07 Å². The fraction of sp³-hybridized carbons (Fsp3) is 0.435. The molecule has 0 bridgehead atoms. The highest BCUT2D eigenvalue weighted by atomic mass is 19.1. The second-order valence-electron chi connectivity index (χ2n) is 7.77. The summed E-state index contributed by atoms with van der Waals surface area (Å²) in [7, 11) is 1.68. The van der Waals surface area contributed by atoms with Crippen molar-refractivity contribution >= 4 is 11.6 Å². The Labute approximate surface area is 171 Å². The molecule has 1 aliphatic carbocycles. The fourth-order valence-electron chi connectivity index (χ4n) is 3.96. The van der Waals surface area contributed by atoms with E-state index in [9.17, 15) is 9.18 Å². The lowest BCUT2D eigenvalue weighted by atomic mass is 10.2. The van der Waals surface area contributed by atoms with Gasteiger partial charge in [-0.3, -0.25) is 9.69 Å². The van der Waals surface area contributed by atoms with Gasteiger partial charge < -0.3 is 14.5 Å². The van der Waals surface area contributed by atoms with Crippen LogP contribution in [0.2, 0.25) is 0 Å². The number of piperazine rings is 1. The summed E-state index contributed by atoms with van der Waals surface area (Å²) >= 11 is 0. The monoisotopic (exact) mass is 397 g/mol. The molecular weight excluding hydrogens is 369 g/mol. The van der Waals surface area contributed by atoms with Crippen LogP contribution in [0.4, 0.5) is 10.1 Å². The zero-order valence-corrected chi connectivity index (χ0v) is 16.9. The van der Waals surface area contributed by atoms with Gasteiger partial charge in [-0.25, -0.2) is 4.39 Å². The van der Waals surface area contributed by atoms with Crippen LogP contribution in [-0.2, 0) is 11.3 Å². The predicted octanol–water partition coefficient (Wildman–Crippen LogP) is 3.15. The summed E-state index contributed by atoms with van der Waals surface area (Å²) in [5, 5.41) is 0. The largest absolute Gasteiger partial charge is 0.495 e. The number of carbonyl (C=O) groups is 1. The Bertz CT molecular complexity index is 848. The van der Waals surface area contributed by atoms with Gasteiger partial charge in [0.25, 0.3) is 0 Å². The zero-order valence-electron chi connectivity index (χ0n) is 16.9. The van der Waals surface area contributed by atoms with E-state index >= 15 is 0 Å². The molecule has 1 saturated carbocycles. The molecule has 1 heterocycles. The van der Waals surface area contributed by atoms with Crippen LogP contribution in [-0.4, -0.2) is 61.6 Å². The van der Waals surface area contributed by atoms with Crippen molar-refractivity contribution in [3.63, 3.8) is 0 Å². The van der Waals surface area contributed by atoms with Crippen molar-refractivity contribution in [3.05, 3.63) is 59.9 Å². The first-order valence-electron chi connectivity index (χ1n) is 10.3. The van der Waals surface area contributed by atoms with Crippen molar-refractivity contribution in [2.24, 2.45) is 0 Å². The minimum atomic E-state index is -0.198. The summed E-state index contributed by atoms with van der Waals surface area (Å²) in [5.74, 6) is 0.793. The highest BCUT2D eigenvalue weighted by Gasteiger charge is 2.32. The number of para-hydroxylation sites is 2. The molecule has 0 radical (unpaired) electrons. The smallest absolute Gasteiger partial charge is 0.236 e. The average Bonchev–Trinajstić information content (AvgIpc) is 3.60. The molecule has 0 spiro atoms. The van der Waals surface area contributed by atoms with Gasteiger partial charge in [-0.2, -0.15) is 0 Å². The van der Waals surface area contributed by atoms with E-state index in [1.807, 2.05) is 29.2 Å². The van der Waals surface area contributed by atoms with Gasteiger partial charge in [0.15, 0.2) is 0 Å². The highest BCUT2D eigenvalue weighted by molar-refractivity contribution is 5.78. The number of benzene rings is 2. The van der Waals surface area contributed by atoms with Gasteiger partial charge in [0.05, 0.1) is 19.3 Å². The number of hydrogen-bond donors (Lipinski definition) is 0. The summed E-state index contributed by atoms with van der Waals surface area (Å²) in [4.78, 5) is 19.3. The molecule has 2 aromatic rings. The molecule has 0 N–H and O–H groups in total. The summed E-state index contributed by atoms with van der Waals surface area (Å²) in [5.41, 5.74) is 1.73. The lowest BCUT2D eigenvalue weighted by Gasteiger charge is -2.37. The molecule has 6 heteroatoms. The molecule has 2 aromatic carbocycles. The Kier molecular flexibility index (Phi) is 6.00. The number of carbonyl (C=O) groups excluding carboxylic acids is 1. The van der Waals surface area contributed by atoms with Gasteiger partial charge >= 0.3 is 0 Å². The van der Waals surface area contributed by atoms with Crippen molar-refractivity contribution < 1.29 is 13.9 Å². The van der Waals surface area contributed by atoms with E-state index in [1.54, 1.807) is 19.2 Å². The Morgan fingerprint density at radius 1 is 1.07 bits per heavy atom. The van der Waals surface area contributed by atoms with Crippen LogP contribution in [0.3, 0.4) is 0 Å². The standard InChI is InChI=1S/C23H28FN3O2/c1-29-22-9-5-4-8-21(22)25-12-14-26(15-13-25)23(28)17-27(19-10-11-19)16-18-6-2-3-7-20(18)24/h2-9,19H,10-17H2,1H3. The molecule has 2 aliphatic rings. The van der Waals surface area contributed by atoms with Gasteiger partial charge in [0.2, 0.25) is 5.91 Å². The first kappa shape index (κ1) is 19.7. The lowest BCUT2D eigenvalue weighted by Crippen LogP contribution is -2.51. The summed E-state index contributed by atoms with van der Waals surface area (Å²) in [6, 6.07) is 15.2. The third-order valence-corrected chi connectivity index (χ3v) is 5.79. The van der Waals surface area contributed by atoms with Crippen molar-refractivity contribution in [3.8, 4) is 5.75 Å². The quantitative estimate of drug-likeness (QED) is 0.719. The summed E-state index contributed by atoms with van der Waals surface area (Å²) in [6.07, 6.45) is 2.17. The van der Waals surface area contributed by atoms with Gasteiger partial charge in [-0.15, -0.1) is 0 Å². The van der Waals surface area contributed by atoms with Crippen molar-refractivity contribution in [2.75, 3.05) is 44.7 Å². The van der Waals surface area contributed by atoms with E-state index in [4.69, 9.17) is 4.74 Å². The second kappa shape index (κ2) is 8.82. The van der Waals surface area contributed by atoms with Crippen molar-refractivity contribution in [1.82, 2.24) is 9.80 Å². The van der Waals surface area contributed by atoms with E-state index in [-0.39, 0.29) is 11.7 Å². The number of methoxy groups -OCH3 is 1. The minimum absolute atomic E-state index is 0.132. The maximum absolute atomic E-state index is 14.1. The predicted molar refractivity (Wildman–Crippen MR) is 112 cm³/mol. The zero-order chi connectivity index (χ0) is 20.2. The van der Waals surface area contributed by atoms with E-state index < -0.39 is 0 Å². The van der Waals surface area contributed by atoms with Crippen molar-refractivity contribution in [1.29, 1.82) is 0 Å². The molecule has 0 unspecified atom stereocenters. The molecule has 2 fully saturated rings. The SMILES string of the molecule is COc1ccccc1N1CCN(C(=O)CN(Cc2ccccc2F)C2CC2)CC1. The third kappa shape index (κ3) is 4.70. The number of hydrogen-bond acceptors (Lipinski definition) is 4. The Hall–Kier alpha value is -2.60. The average molecular weight is 397 g/mol. The normalized spacial score (nSPS) is 16.9. The minimum Gasteiger partial charge on any atom is -0.495 e. The molecule has 5 nitrogen and oxygen atoms in total. The molecule has 1 saturated heterocycles. The van der Waals surface area contributed by atoms with Gasteiger partial charge in [0.1, 0.15) is 11.6 Å². The van der Waals surface area contributed by atoms with E-state index in [2.05, 4.69) is 15.9 Å². The third-order valence-electron chi connectivity index (χ3n) is 5.79. The molecule has 1 amide bonds. The topological polar surface area (TPSA) is 36.0 Å². The van der Waals surface area contributed by atoms with Crippen LogP contribution in [0.25, 0.3) is 0 Å². The maximum Gasteiger partial charge on any atom is 0.236 e. The molecule has 0 aromatic heterocycles. The van der Waals surface area contributed by atoms with E-state index in [0.717, 1.165) is 37.4 Å². The molecule has 1 aliphatic heterocycles. The van der Waals surface area contributed by atoms with Gasteiger partial charge in [-0.1, -0.05) is 30.3 Å². The number of amides is 1. The number of ether oxygens (including phenoxy) is 1. The van der Waals surface area contributed by atoms with Gasteiger partial charge in [-0.05, 0) is 31.0 Å². The second-order valence-corrected chi connectivity index (χ2v) is 7.77. The molecular formula is C23H28FN3O2. The Morgan fingerprint density at radius 3 is 2.45 bits per heavy atom. The van der Waals surface area contributed by atoms with Crippen LogP contribution in [0.15, 0.2) is 48.5 Å². The van der Waals surface area contributed by atoms with Crippen LogP contribution >= 0.6 is 0 Å². The van der Waals surface area contributed by atoms with Gasteiger partial charge in [0, 0.05) is 44.3 Å². The number of nitrogens with zero attached hydrogens (tertiary/aromatic N) is 3. The van der Waals surface area contributed by atoms with Crippen molar-refractivity contribution in [2.45, 2.75) is 25.4 Å². The molecule has 154 valence electrons. The van der Waals surface area contributed by atoms with Crippen LogP contribution < -0.4 is 9.64 Å². The maximum atomic E-state index is 14.1.